The summed E-state index contributed by atoms with van der Waals surface area (Å²) in [7, 11) is 0. The number of nitrogens with zero attached hydrogens (tertiary/aromatic N) is 1. The van der Waals surface area contributed by atoms with E-state index in [0.717, 1.165) is 0 Å². The van der Waals surface area contributed by atoms with Gasteiger partial charge >= 0.3 is 0 Å². The van der Waals surface area contributed by atoms with Crippen molar-refractivity contribution < 1.29 is 4.74 Å². The number of rotatable bonds is 0. The molecule has 0 radical (unpaired) electrons. The first-order chi connectivity index (χ1) is 4.27. The minimum atomic E-state index is -0.599. The molecule has 9 heavy (non-hydrogen) atoms. The first kappa shape index (κ1) is 6.53. The Morgan fingerprint density at radius 1 is 1.44 bits per heavy atom. The summed E-state index contributed by atoms with van der Waals surface area (Å²) in [6, 6.07) is 2.08. The maximum absolute atomic E-state index is 8.52. The molecule has 1 saturated heterocycles. The van der Waals surface area contributed by atoms with Gasteiger partial charge in [-0.2, -0.15) is 5.26 Å². The van der Waals surface area contributed by atoms with E-state index in [0.29, 0.717) is 26.1 Å². The van der Waals surface area contributed by atoms with Crippen LogP contribution in [0.5, 0.6) is 0 Å². The molecule has 3 nitrogen and oxygen atoms in total. The summed E-state index contributed by atoms with van der Waals surface area (Å²) in [5.74, 6) is 0. The highest BCUT2D eigenvalue weighted by atomic mass is 16.5. The average Bonchev–Trinajstić information content (AvgIpc) is 1.90. The van der Waals surface area contributed by atoms with Gasteiger partial charge in [0.15, 0.2) is 0 Å². The molecule has 1 aliphatic rings. The van der Waals surface area contributed by atoms with Crippen LogP contribution < -0.4 is 5.73 Å². The van der Waals surface area contributed by atoms with Gasteiger partial charge in [-0.1, -0.05) is 0 Å². The van der Waals surface area contributed by atoms with Crippen LogP contribution in [0.4, 0.5) is 0 Å². The van der Waals surface area contributed by atoms with E-state index in [1.165, 1.54) is 0 Å². The third kappa shape index (κ3) is 1.41. The van der Waals surface area contributed by atoms with Crippen molar-refractivity contribution in [2.75, 3.05) is 13.2 Å². The van der Waals surface area contributed by atoms with Crippen LogP contribution in [0.15, 0.2) is 0 Å². The Morgan fingerprint density at radius 2 is 2.00 bits per heavy atom. The molecule has 1 aliphatic heterocycles. The van der Waals surface area contributed by atoms with Gasteiger partial charge in [0.2, 0.25) is 0 Å². The van der Waals surface area contributed by atoms with Crippen LogP contribution in [0.25, 0.3) is 0 Å². The number of nitrogens with two attached hydrogens (primary N) is 1. The van der Waals surface area contributed by atoms with Crippen molar-refractivity contribution in [1.29, 1.82) is 5.26 Å². The van der Waals surface area contributed by atoms with E-state index in [-0.39, 0.29) is 0 Å². The standard InChI is InChI=1S/C6H10N2O/c7-5-6(8)1-3-9-4-2-6/h1-4,8H2. The molecule has 0 aromatic carbocycles. The van der Waals surface area contributed by atoms with Crippen molar-refractivity contribution in [2.24, 2.45) is 5.73 Å². The van der Waals surface area contributed by atoms with Gasteiger partial charge in [0.05, 0.1) is 6.07 Å². The Balaban J connectivity index is 2.49. The molecular weight excluding hydrogens is 116 g/mol. The highest BCUT2D eigenvalue weighted by Gasteiger charge is 2.26. The van der Waals surface area contributed by atoms with E-state index in [2.05, 4.69) is 6.07 Å². The zero-order chi connectivity index (χ0) is 6.74. The zero-order valence-corrected chi connectivity index (χ0v) is 5.26. The molecular formula is C6H10N2O. The number of ether oxygens (including phenoxy) is 1. The van der Waals surface area contributed by atoms with E-state index < -0.39 is 5.54 Å². The molecule has 0 atom stereocenters. The van der Waals surface area contributed by atoms with E-state index in [1.54, 1.807) is 0 Å². The summed E-state index contributed by atoms with van der Waals surface area (Å²) in [4.78, 5) is 0. The fourth-order valence-corrected chi connectivity index (χ4v) is 0.847. The van der Waals surface area contributed by atoms with Crippen LogP contribution in [0.1, 0.15) is 12.8 Å². The zero-order valence-electron chi connectivity index (χ0n) is 5.26. The molecule has 0 aromatic rings. The smallest absolute Gasteiger partial charge is 0.108 e. The van der Waals surface area contributed by atoms with Gasteiger partial charge in [-0.05, 0) is 0 Å². The van der Waals surface area contributed by atoms with Crippen molar-refractivity contribution in [1.82, 2.24) is 0 Å². The highest BCUT2D eigenvalue weighted by molar-refractivity contribution is 5.05. The maximum Gasteiger partial charge on any atom is 0.108 e. The molecule has 1 heterocycles. The summed E-state index contributed by atoms with van der Waals surface area (Å²) in [5, 5.41) is 8.52. The molecule has 50 valence electrons. The predicted molar refractivity (Wildman–Crippen MR) is 32.6 cm³/mol. The molecule has 0 bridgehead atoms. The van der Waals surface area contributed by atoms with Crippen molar-refractivity contribution in [3.63, 3.8) is 0 Å². The van der Waals surface area contributed by atoms with Gasteiger partial charge in [0.1, 0.15) is 5.54 Å². The second-order valence-electron chi connectivity index (χ2n) is 2.38. The molecule has 2 N–H and O–H groups in total. The first-order valence-electron chi connectivity index (χ1n) is 3.05. The fourth-order valence-electron chi connectivity index (χ4n) is 0.847. The van der Waals surface area contributed by atoms with Crippen LogP contribution in [0, 0.1) is 11.3 Å². The first-order valence-corrected chi connectivity index (χ1v) is 3.05. The molecule has 1 fully saturated rings. The van der Waals surface area contributed by atoms with Crippen molar-refractivity contribution in [3.8, 4) is 6.07 Å². The summed E-state index contributed by atoms with van der Waals surface area (Å²) < 4.78 is 5.04. The molecule has 1 rings (SSSR count). The van der Waals surface area contributed by atoms with E-state index in [9.17, 15) is 0 Å². The molecule has 0 amide bonds. The third-order valence-corrected chi connectivity index (χ3v) is 1.61. The molecule has 0 unspecified atom stereocenters. The quantitative estimate of drug-likeness (QED) is 0.497. The van der Waals surface area contributed by atoms with E-state index in [1.807, 2.05) is 0 Å². The number of hydrogen-bond acceptors (Lipinski definition) is 3. The SMILES string of the molecule is N#CC1(N)CCOCC1. The van der Waals surface area contributed by atoms with E-state index in [4.69, 9.17) is 15.7 Å². The molecule has 0 aromatic heterocycles. The average molecular weight is 126 g/mol. The topological polar surface area (TPSA) is 59.0 Å². The molecule has 0 spiro atoms. The van der Waals surface area contributed by atoms with Crippen LogP contribution in [-0.2, 0) is 4.74 Å². The Hall–Kier alpha value is -0.590. The minimum absolute atomic E-state index is 0.599. The number of nitriles is 1. The van der Waals surface area contributed by atoms with Gasteiger partial charge in [0, 0.05) is 26.1 Å². The lowest BCUT2D eigenvalue weighted by molar-refractivity contribution is 0.0699. The largest absolute Gasteiger partial charge is 0.381 e. The summed E-state index contributed by atoms with van der Waals surface area (Å²) in [6.45, 7) is 1.26. The molecule has 0 saturated carbocycles. The van der Waals surface area contributed by atoms with Crippen LogP contribution in [-0.4, -0.2) is 18.8 Å². The summed E-state index contributed by atoms with van der Waals surface area (Å²) in [5.41, 5.74) is 5.02. The van der Waals surface area contributed by atoms with Crippen molar-refractivity contribution in [3.05, 3.63) is 0 Å². The predicted octanol–water partition coefficient (Wildman–Crippen LogP) is 0.0179. The second-order valence-corrected chi connectivity index (χ2v) is 2.38. The van der Waals surface area contributed by atoms with E-state index >= 15 is 0 Å². The highest BCUT2D eigenvalue weighted by Crippen LogP contribution is 2.15. The van der Waals surface area contributed by atoms with Crippen LogP contribution >= 0.6 is 0 Å². The van der Waals surface area contributed by atoms with Crippen LogP contribution in [0.2, 0.25) is 0 Å². The summed E-state index contributed by atoms with van der Waals surface area (Å²) >= 11 is 0. The second kappa shape index (κ2) is 2.34. The Bertz CT molecular complexity index is 132. The van der Waals surface area contributed by atoms with Crippen LogP contribution in [0.3, 0.4) is 0 Å². The lowest BCUT2D eigenvalue weighted by atomic mass is 9.94. The maximum atomic E-state index is 8.52. The lowest BCUT2D eigenvalue weighted by Gasteiger charge is -2.25. The minimum Gasteiger partial charge on any atom is -0.381 e. The molecule has 0 aliphatic carbocycles. The normalized spacial score (nSPS) is 24.9. The van der Waals surface area contributed by atoms with Gasteiger partial charge < -0.3 is 10.5 Å². The summed E-state index contributed by atoms with van der Waals surface area (Å²) in [6.07, 6.45) is 1.34. The van der Waals surface area contributed by atoms with Gasteiger partial charge in [-0.15, -0.1) is 0 Å². The number of hydrogen-bond donors (Lipinski definition) is 1. The Labute approximate surface area is 54.4 Å². The Morgan fingerprint density at radius 3 is 2.33 bits per heavy atom. The van der Waals surface area contributed by atoms with Gasteiger partial charge in [-0.3, -0.25) is 0 Å². The monoisotopic (exact) mass is 126 g/mol. The van der Waals surface area contributed by atoms with Crippen molar-refractivity contribution >= 4 is 0 Å². The third-order valence-electron chi connectivity index (χ3n) is 1.61. The van der Waals surface area contributed by atoms with Gasteiger partial charge in [-0.25, -0.2) is 0 Å². The fraction of sp³-hybridized carbons (Fsp3) is 0.833. The van der Waals surface area contributed by atoms with Crippen molar-refractivity contribution in [2.45, 2.75) is 18.4 Å². The van der Waals surface area contributed by atoms with Gasteiger partial charge in [0.25, 0.3) is 0 Å². The Kier molecular flexibility index (Phi) is 1.70. The lowest BCUT2D eigenvalue weighted by Crippen LogP contribution is -2.43. The molecule has 3 heteroatoms.